The topological polar surface area (TPSA) is 86.8 Å². The predicted octanol–water partition coefficient (Wildman–Crippen LogP) is 5.54. The van der Waals surface area contributed by atoms with E-state index in [1.807, 2.05) is 0 Å². The summed E-state index contributed by atoms with van der Waals surface area (Å²) in [5.41, 5.74) is 0.329. The molecule has 1 fully saturated rings. The molecule has 2 amide bonds. The molecular formula is C30H33ClFN3O4S. The van der Waals surface area contributed by atoms with Crippen LogP contribution in [0.1, 0.15) is 44.6 Å². The molecule has 0 radical (unpaired) electrons. The second-order valence-corrected chi connectivity index (χ2v) is 12.2. The van der Waals surface area contributed by atoms with Crippen LogP contribution in [0, 0.1) is 5.82 Å². The van der Waals surface area contributed by atoms with Crippen molar-refractivity contribution in [3.8, 4) is 0 Å². The van der Waals surface area contributed by atoms with Crippen molar-refractivity contribution in [1.82, 2.24) is 10.2 Å². The molecule has 1 aliphatic carbocycles. The lowest BCUT2D eigenvalue weighted by molar-refractivity contribution is -0.139. The van der Waals surface area contributed by atoms with Crippen molar-refractivity contribution in [2.45, 2.75) is 62.6 Å². The molecule has 0 spiro atoms. The van der Waals surface area contributed by atoms with Crippen LogP contribution >= 0.6 is 11.6 Å². The Morgan fingerprint density at radius 3 is 2.25 bits per heavy atom. The van der Waals surface area contributed by atoms with Gasteiger partial charge in [0.05, 0.1) is 10.6 Å². The first-order valence-electron chi connectivity index (χ1n) is 13.3. The van der Waals surface area contributed by atoms with E-state index >= 15 is 0 Å². The molecule has 10 heteroatoms. The fourth-order valence-corrected chi connectivity index (χ4v) is 6.49. The molecule has 1 N–H and O–H groups in total. The third kappa shape index (κ3) is 7.01. The zero-order valence-electron chi connectivity index (χ0n) is 22.3. The Morgan fingerprint density at radius 1 is 0.950 bits per heavy atom. The zero-order valence-corrected chi connectivity index (χ0v) is 23.9. The Bertz CT molecular complexity index is 1430. The highest BCUT2D eigenvalue weighted by Gasteiger charge is 2.34. The van der Waals surface area contributed by atoms with Gasteiger partial charge in [-0.25, -0.2) is 12.8 Å². The number of hydrogen-bond donors (Lipinski definition) is 1. The van der Waals surface area contributed by atoms with Crippen LogP contribution in [0.2, 0.25) is 5.02 Å². The number of carbonyl (C=O) groups is 2. The lowest BCUT2D eigenvalue weighted by Crippen LogP contribution is -2.53. The van der Waals surface area contributed by atoms with Crippen LogP contribution in [0.4, 0.5) is 10.1 Å². The lowest BCUT2D eigenvalue weighted by Gasteiger charge is -2.33. The molecule has 0 unspecified atom stereocenters. The summed E-state index contributed by atoms with van der Waals surface area (Å²) in [6, 6.07) is 18.9. The Balaban J connectivity index is 1.68. The van der Waals surface area contributed by atoms with Crippen LogP contribution in [0.25, 0.3) is 0 Å². The number of anilines is 1. The molecule has 40 heavy (non-hydrogen) atoms. The van der Waals surface area contributed by atoms with Gasteiger partial charge in [-0.3, -0.25) is 13.9 Å². The first kappa shape index (κ1) is 29.6. The van der Waals surface area contributed by atoms with Gasteiger partial charge < -0.3 is 10.2 Å². The Morgan fingerprint density at radius 2 is 1.57 bits per heavy atom. The molecule has 3 aromatic carbocycles. The van der Waals surface area contributed by atoms with Crippen molar-refractivity contribution in [3.63, 3.8) is 0 Å². The van der Waals surface area contributed by atoms with Crippen molar-refractivity contribution in [2.75, 3.05) is 10.8 Å². The van der Waals surface area contributed by atoms with Crippen LogP contribution in [0.15, 0.2) is 83.8 Å². The molecule has 0 aromatic heterocycles. The number of para-hydroxylation sites is 1. The average Bonchev–Trinajstić information content (AvgIpc) is 2.96. The quantitative estimate of drug-likeness (QED) is 0.338. The Hall–Kier alpha value is -3.43. The van der Waals surface area contributed by atoms with Crippen LogP contribution < -0.4 is 9.62 Å². The van der Waals surface area contributed by atoms with E-state index in [2.05, 4.69) is 5.32 Å². The first-order chi connectivity index (χ1) is 19.2. The first-order valence-corrected chi connectivity index (χ1v) is 15.2. The number of amides is 2. The van der Waals surface area contributed by atoms with Gasteiger partial charge in [-0.05, 0) is 55.7 Å². The van der Waals surface area contributed by atoms with Gasteiger partial charge in [-0.1, -0.05) is 79.4 Å². The van der Waals surface area contributed by atoms with Gasteiger partial charge in [0.15, 0.2) is 0 Å². The summed E-state index contributed by atoms with van der Waals surface area (Å²) in [5.74, 6) is -1.81. The summed E-state index contributed by atoms with van der Waals surface area (Å²) in [7, 11) is -4.34. The maximum Gasteiger partial charge on any atom is 0.264 e. The smallest absolute Gasteiger partial charge is 0.264 e. The lowest BCUT2D eigenvalue weighted by atomic mass is 9.95. The molecule has 0 aliphatic heterocycles. The molecule has 3 aromatic rings. The summed E-state index contributed by atoms with van der Waals surface area (Å²) >= 11 is 6.39. The fraction of sp³-hybridized carbons (Fsp3) is 0.333. The van der Waals surface area contributed by atoms with Gasteiger partial charge in [-0.15, -0.1) is 0 Å². The molecule has 1 atom stereocenters. The van der Waals surface area contributed by atoms with E-state index in [0.717, 1.165) is 42.5 Å². The molecule has 212 valence electrons. The molecule has 7 nitrogen and oxygen atoms in total. The minimum Gasteiger partial charge on any atom is -0.352 e. The van der Waals surface area contributed by atoms with Crippen LogP contribution in [-0.4, -0.2) is 43.8 Å². The number of carbonyl (C=O) groups excluding carboxylic acids is 2. The Labute approximate surface area is 240 Å². The second-order valence-electron chi connectivity index (χ2n) is 9.91. The van der Waals surface area contributed by atoms with E-state index in [1.54, 1.807) is 49.4 Å². The minimum absolute atomic E-state index is 0.0225. The molecule has 1 aliphatic rings. The van der Waals surface area contributed by atoms with Gasteiger partial charge in [0, 0.05) is 17.6 Å². The van der Waals surface area contributed by atoms with Gasteiger partial charge in [0.25, 0.3) is 10.0 Å². The highest BCUT2D eigenvalue weighted by molar-refractivity contribution is 7.92. The molecule has 1 saturated carbocycles. The summed E-state index contributed by atoms with van der Waals surface area (Å²) in [6.45, 7) is 0.851. The average molecular weight is 586 g/mol. The van der Waals surface area contributed by atoms with E-state index in [4.69, 9.17) is 11.6 Å². The summed E-state index contributed by atoms with van der Waals surface area (Å²) < 4.78 is 43.1. The minimum atomic E-state index is -4.34. The van der Waals surface area contributed by atoms with Crippen molar-refractivity contribution in [2.24, 2.45) is 0 Å². The molecule has 0 saturated heterocycles. The summed E-state index contributed by atoms with van der Waals surface area (Å²) in [5, 5.41) is 3.45. The summed E-state index contributed by atoms with van der Waals surface area (Å²) in [4.78, 5) is 28.5. The SMILES string of the molecule is C[C@H](C(=O)NC1CCCCC1)N(Cc1ccccc1Cl)C(=O)CN(c1ccccc1F)S(=O)(=O)c1ccccc1. The second kappa shape index (κ2) is 13.3. The third-order valence-electron chi connectivity index (χ3n) is 7.15. The van der Waals surface area contributed by atoms with E-state index in [1.165, 1.54) is 35.2 Å². The van der Waals surface area contributed by atoms with Gasteiger partial charge in [0.1, 0.15) is 18.4 Å². The van der Waals surface area contributed by atoms with Gasteiger partial charge in [0.2, 0.25) is 11.8 Å². The number of halogens is 2. The molecular weight excluding hydrogens is 553 g/mol. The van der Waals surface area contributed by atoms with Crippen LogP contribution in [-0.2, 0) is 26.2 Å². The number of rotatable bonds is 10. The summed E-state index contributed by atoms with van der Waals surface area (Å²) in [6.07, 6.45) is 4.91. The zero-order chi connectivity index (χ0) is 28.7. The van der Waals surface area contributed by atoms with Crippen molar-refractivity contribution in [1.29, 1.82) is 0 Å². The largest absolute Gasteiger partial charge is 0.352 e. The van der Waals surface area contributed by atoms with Crippen LogP contribution in [0.3, 0.4) is 0 Å². The monoisotopic (exact) mass is 585 g/mol. The van der Waals surface area contributed by atoms with E-state index < -0.39 is 34.3 Å². The van der Waals surface area contributed by atoms with E-state index in [9.17, 15) is 22.4 Å². The third-order valence-corrected chi connectivity index (χ3v) is 9.29. The maximum absolute atomic E-state index is 15.0. The fourth-order valence-electron chi connectivity index (χ4n) is 4.85. The van der Waals surface area contributed by atoms with Crippen molar-refractivity contribution >= 4 is 39.1 Å². The number of nitrogens with zero attached hydrogens (tertiary/aromatic N) is 2. The Kier molecular flexibility index (Phi) is 9.81. The number of benzene rings is 3. The number of sulfonamides is 1. The van der Waals surface area contributed by atoms with E-state index in [-0.39, 0.29) is 29.1 Å². The highest BCUT2D eigenvalue weighted by atomic mass is 35.5. The molecule has 0 heterocycles. The molecule has 4 rings (SSSR count). The van der Waals surface area contributed by atoms with Crippen molar-refractivity contribution in [3.05, 3.63) is 95.3 Å². The number of hydrogen-bond acceptors (Lipinski definition) is 4. The van der Waals surface area contributed by atoms with Crippen molar-refractivity contribution < 1.29 is 22.4 Å². The van der Waals surface area contributed by atoms with Crippen LogP contribution in [0.5, 0.6) is 0 Å². The van der Waals surface area contributed by atoms with E-state index in [0.29, 0.717) is 10.6 Å². The normalized spacial score (nSPS) is 14.8. The van der Waals surface area contributed by atoms with Gasteiger partial charge >= 0.3 is 0 Å². The van der Waals surface area contributed by atoms with Gasteiger partial charge in [-0.2, -0.15) is 0 Å². The number of nitrogens with one attached hydrogen (secondary N) is 1. The standard InChI is InChI=1S/C30H33ClFN3O4S/c1-22(30(37)33-24-13-4-2-5-14-24)34(20-23-12-8-9-17-26(23)31)29(36)21-35(28-19-11-10-18-27(28)32)40(38,39)25-15-6-3-7-16-25/h3,6-12,15-19,22,24H,2,4-5,13-14,20-21H2,1H3,(H,33,37)/t22-/m1/s1. The predicted molar refractivity (Wildman–Crippen MR) is 154 cm³/mol. The molecule has 0 bridgehead atoms. The highest BCUT2D eigenvalue weighted by Crippen LogP contribution is 2.27. The maximum atomic E-state index is 15.0.